The van der Waals surface area contributed by atoms with Crippen molar-refractivity contribution >= 4 is 23.3 Å². The van der Waals surface area contributed by atoms with Gasteiger partial charge in [-0.25, -0.2) is 0 Å². The van der Waals surface area contributed by atoms with Crippen molar-refractivity contribution in [3.8, 4) is 5.69 Å². The molecule has 0 bridgehead atoms. The van der Waals surface area contributed by atoms with Gasteiger partial charge in [-0.05, 0) is 53.1 Å². The molecule has 4 rings (SSSR count). The molecule has 0 spiro atoms. The van der Waals surface area contributed by atoms with E-state index < -0.39 is 0 Å². The Kier molecular flexibility index (Phi) is 5.29. The first-order valence-electron chi connectivity index (χ1n) is 8.70. The van der Waals surface area contributed by atoms with Crippen molar-refractivity contribution in [3.63, 3.8) is 0 Å². The van der Waals surface area contributed by atoms with Crippen molar-refractivity contribution in [1.29, 1.82) is 0 Å². The van der Waals surface area contributed by atoms with Crippen molar-refractivity contribution in [2.24, 2.45) is 0 Å². The molecule has 1 atom stereocenters. The van der Waals surface area contributed by atoms with E-state index in [4.69, 9.17) is 0 Å². The van der Waals surface area contributed by atoms with Crippen LogP contribution in [0.2, 0.25) is 0 Å². The summed E-state index contributed by atoms with van der Waals surface area (Å²) in [6.07, 6.45) is 6.13. The maximum absolute atomic E-state index is 13.1. The molecular weight excluding hydrogens is 376 g/mol. The Morgan fingerprint density at radius 1 is 1.18 bits per heavy atom. The van der Waals surface area contributed by atoms with Crippen molar-refractivity contribution in [1.82, 2.24) is 40.1 Å². The number of benzene rings is 1. The van der Waals surface area contributed by atoms with Crippen LogP contribution in [0.15, 0.2) is 55.0 Å². The summed E-state index contributed by atoms with van der Waals surface area (Å²) < 4.78 is 3.37. The summed E-state index contributed by atoms with van der Waals surface area (Å²) in [7, 11) is 0. The molecule has 0 aliphatic rings. The molecular formula is C18H18N8OS. The molecule has 10 heteroatoms. The monoisotopic (exact) mass is 394 g/mol. The summed E-state index contributed by atoms with van der Waals surface area (Å²) >= 11 is 1.72. The van der Waals surface area contributed by atoms with Gasteiger partial charge in [0.05, 0.1) is 17.3 Å². The molecule has 28 heavy (non-hydrogen) atoms. The number of para-hydroxylation sites is 1. The zero-order chi connectivity index (χ0) is 19.3. The minimum atomic E-state index is -0.278. The van der Waals surface area contributed by atoms with Crippen LogP contribution in [0.4, 0.5) is 0 Å². The third kappa shape index (κ3) is 3.58. The fourth-order valence-electron chi connectivity index (χ4n) is 2.97. The topological polar surface area (TPSA) is 103 Å². The SMILES string of the molecule is CSCC[C@@H](NC(=O)c1ccccc1-n1cnnn1)c1nnc2ccccn12. The molecule has 3 heterocycles. The Morgan fingerprint density at radius 2 is 2.04 bits per heavy atom. The van der Waals surface area contributed by atoms with Crippen LogP contribution >= 0.6 is 11.8 Å². The number of carbonyl (C=O) groups excluding carboxylic acids is 1. The van der Waals surface area contributed by atoms with Gasteiger partial charge in [0.1, 0.15) is 6.33 Å². The summed E-state index contributed by atoms with van der Waals surface area (Å²) in [4.78, 5) is 13.1. The highest BCUT2D eigenvalue weighted by Gasteiger charge is 2.22. The van der Waals surface area contributed by atoms with Crippen LogP contribution in [0.25, 0.3) is 11.3 Å². The molecule has 3 aromatic heterocycles. The van der Waals surface area contributed by atoms with Crippen LogP contribution in [0.1, 0.15) is 28.6 Å². The first-order chi connectivity index (χ1) is 13.8. The van der Waals surface area contributed by atoms with E-state index >= 15 is 0 Å². The predicted molar refractivity (Wildman–Crippen MR) is 105 cm³/mol. The van der Waals surface area contributed by atoms with Crippen LogP contribution in [-0.4, -0.2) is 52.7 Å². The third-order valence-electron chi connectivity index (χ3n) is 4.31. The maximum Gasteiger partial charge on any atom is 0.254 e. The molecule has 0 fully saturated rings. The number of nitrogens with one attached hydrogen (secondary N) is 1. The number of thioether (sulfide) groups is 1. The quantitative estimate of drug-likeness (QED) is 0.511. The highest BCUT2D eigenvalue weighted by molar-refractivity contribution is 7.98. The second-order valence-corrected chi connectivity index (χ2v) is 7.05. The number of carbonyl (C=O) groups is 1. The first kappa shape index (κ1) is 18.1. The highest BCUT2D eigenvalue weighted by Crippen LogP contribution is 2.20. The minimum Gasteiger partial charge on any atom is -0.342 e. The second-order valence-electron chi connectivity index (χ2n) is 6.07. The van der Waals surface area contributed by atoms with Gasteiger partial charge in [0, 0.05) is 6.20 Å². The van der Waals surface area contributed by atoms with E-state index in [-0.39, 0.29) is 11.9 Å². The number of hydrogen-bond donors (Lipinski definition) is 1. The molecule has 9 nitrogen and oxygen atoms in total. The maximum atomic E-state index is 13.1. The number of hydrogen-bond acceptors (Lipinski definition) is 7. The van der Waals surface area contributed by atoms with Crippen molar-refractivity contribution in [2.45, 2.75) is 12.5 Å². The van der Waals surface area contributed by atoms with Crippen LogP contribution < -0.4 is 5.32 Å². The lowest BCUT2D eigenvalue weighted by Gasteiger charge is -2.18. The average molecular weight is 394 g/mol. The standard InChI is InChI=1S/C18H18N8OS/c1-28-11-9-14(17-22-21-16-8-4-5-10-25(16)17)20-18(27)13-6-2-3-7-15(13)26-12-19-23-24-26/h2-8,10,12,14H,9,11H2,1H3,(H,20,27)/t14-/m1/s1. The van der Waals surface area contributed by atoms with E-state index in [0.717, 1.165) is 17.8 Å². The summed E-state index contributed by atoms with van der Waals surface area (Å²) in [6, 6.07) is 12.6. The average Bonchev–Trinajstić information content (AvgIpc) is 3.41. The molecule has 0 radical (unpaired) electrons. The molecule has 0 saturated carbocycles. The van der Waals surface area contributed by atoms with E-state index in [1.807, 2.05) is 47.2 Å². The van der Waals surface area contributed by atoms with Crippen molar-refractivity contribution in [2.75, 3.05) is 12.0 Å². The Balaban J connectivity index is 1.66. The molecule has 1 aromatic carbocycles. The summed E-state index contributed by atoms with van der Waals surface area (Å²) in [5, 5.41) is 22.8. The Bertz CT molecular complexity index is 1080. The Morgan fingerprint density at radius 3 is 2.86 bits per heavy atom. The number of amides is 1. The summed E-state index contributed by atoms with van der Waals surface area (Å²) in [5.41, 5.74) is 1.84. The van der Waals surface area contributed by atoms with Gasteiger partial charge in [-0.1, -0.05) is 18.2 Å². The molecule has 0 saturated heterocycles. The van der Waals surface area contributed by atoms with E-state index in [9.17, 15) is 4.79 Å². The number of fused-ring (bicyclic) bond motifs is 1. The van der Waals surface area contributed by atoms with Crippen LogP contribution in [0.3, 0.4) is 0 Å². The van der Waals surface area contributed by atoms with Crippen LogP contribution in [0.5, 0.6) is 0 Å². The fourth-order valence-corrected chi connectivity index (χ4v) is 3.44. The first-order valence-corrected chi connectivity index (χ1v) is 10.1. The minimum absolute atomic E-state index is 0.218. The van der Waals surface area contributed by atoms with Crippen LogP contribution in [0, 0.1) is 0 Å². The smallest absolute Gasteiger partial charge is 0.254 e. The predicted octanol–water partition coefficient (Wildman–Crippen LogP) is 1.93. The molecule has 0 aliphatic heterocycles. The lowest BCUT2D eigenvalue weighted by Crippen LogP contribution is -2.31. The van der Waals surface area contributed by atoms with Gasteiger partial charge in [-0.2, -0.15) is 16.4 Å². The molecule has 0 unspecified atom stereocenters. The van der Waals surface area contributed by atoms with Gasteiger partial charge < -0.3 is 5.32 Å². The van der Waals surface area contributed by atoms with Gasteiger partial charge in [0.2, 0.25) is 0 Å². The van der Waals surface area contributed by atoms with Crippen LogP contribution in [-0.2, 0) is 0 Å². The Labute approximate surface area is 165 Å². The molecule has 4 aromatic rings. The number of pyridine rings is 1. The number of rotatable bonds is 7. The number of nitrogens with zero attached hydrogens (tertiary/aromatic N) is 7. The fraction of sp³-hybridized carbons (Fsp3) is 0.222. The van der Waals surface area contributed by atoms with E-state index in [1.54, 1.807) is 23.9 Å². The van der Waals surface area contributed by atoms with Gasteiger partial charge in [-0.15, -0.1) is 15.3 Å². The number of tetrazole rings is 1. The largest absolute Gasteiger partial charge is 0.342 e. The van der Waals surface area contributed by atoms with E-state index in [1.165, 1.54) is 11.0 Å². The molecule has 0 aliphatic carbocycles. The van der Waals surface area contributed by atoms with Gasteiger partial charge in [0.25, 0.3) is 5.91 Å². The van der Waals surface area contributed by atoms with Crippen molar-refractivity contribution < 1.29 is 4.79 Å². The lowest BCUT2D eigenvalue weighted by molar-refractivity contribution is 0.0933. The van der Waals surface area contributed by atoms with Gasteiger partial charge in [-0.3, -0.25) is 9.20 Å². The molecule has 1 N–H and O–H groups in total. The third-order valence-corrected chi connectivity index (χ3v) is 4.96. The van der Waals surface area contributed by atoms with Gasteiger partial charge in [0.15, 0.2) is 11.5 Å². The highest BCUT2D eigenvalue weighted by atomic mass is 32.2. The second kappa shape index (κ2) is 8.17. The van der Waals surface area contributed by atoms with E-state index in [0.29, 0.717) is 17.1 Å². The number of aromatic nitrogens is 7. The van der Waals surface area contributed by atoms with Gasteiger partial charge >= 0.3 is 0 Å². The summed E-state index contributed by atoms with van der Waals surface area (Å²) in [5.74, 6) is 1.37. The lowest BCUT2D eigenvalue weighted by atomic mass is 10.1. The molecule has 1 amide bonds. The zero-order valence-corrected chi connectivity index (χ0v) is 16.0. The van der Waals surface area contributed by atoms with E-state index in [2.05, 4.69) is 31.0 Å². The Hall–Kier alpha value is -3.27. The summed E-state index contributed by atoms with van der Waals surface area (Å²) in [6.45, 7) is 0. The normalized spacial score (nSPS) is 12.2. The zero-order valence-electron chi connectivity index (χ0n) is 15.1. The molecule has 142 valence electrons. The van der Waals surface area contributed by atoms with Crippen molar-refractivity contribution in [3.05, 3.63) is 66.4 Å².